The highest BCUT2D eigenvalue weighted by Crippen LogP contribution is 2.31. The SMILES string of the molecule is CNC(=O)/C=C/c1cccc(-c2nc3ccccc3n2C2CCCNC2)c1. The van der Waals surface area contributed by atoms with E-state index < -0.39 is 0 Å². The van der Waals surface area contributed by atoms with Crippen LogP contribution < -0.4 is 10.6 Å². The molecule has 3 aromatic rings. The summed E-state index contributed by atoms with van der Waals surface area (Å²) >= 11 is 0. The van der Waals surface area contributed by atoms with Gasteiger partial charge in [0.1, 0.15) is 5.82 Å². The predicted molar refractivity (Wildman–Crippen MR) is 109 cm³/mol. The Morgan fingerprint density at radius 3 is 2.96 bits per heavy atom. The summed E-state index contributed by atoms with van der Waals surface area (Å²) in [6.45, 7) is 2.04. The molecule has 2 N–H and O–H groups in total. The molecule has 5 heteroatoms. The standard InChI is InChI=1S/C22H24N4O/c1-23-21(27)12-11-16-6-4-7-17(14-16)22-25-19-9-2-3-10-20(19)26(22)18-8-5-13-24-15-18/h2-4,6-7,9-12,14,18,24H,5,8,13,15H2,1H3,(H,23,27)/b12-11+. The van der Waals surface area contributed by atoms with Gasteiger partial charge in [0.25, 0.3) is 0 Å². The second-order valence-corrected chi connectivity index (χ2v) is 6.87. The lowest BCUT2D eigenvalue weighted by atomic mass is 10.1. The van der Waals surface area contributed by atoms with Crippen LogP contribution >= 0.6 is 0 Å². The van der Waals surface area contributed by atoms with Crippen molar-refractivity contribution in [1.29, 1.82) is 0 Å². The summed E-state index contributed by atoms with van der Waals surface area (Å²) in [5, 5.41) is 6.12. The Morgan fingerprint density at radius 2 is 2.15 bits per heavy atom. The predicted octanol–water partition coefficient (Wildman–Crippen LogP) is 3.39. The minimum Gasteiger partial charge on any atom is -0.356 e. The molecule has 138 valence electrons. The Morgan fingerprint density at radius 1 is 1.26 bits per heavy atom. The summed E-state index contributed by atoms with van der Waals surface area (Å²) in [6, 6.07) is 16.9. The summed E-state index contributed by atoms with van der Waals surface area (Å²) in [5.41, 5.74) is 4.24. The van der Waals surface area contributed by atoms with Gasteiger partial charge in [-0.25, -0.2) is 4.98 Å². The van der Waals surface area contributed by atoms with E-state index in [4.69, 9.17) is 4.98 Å². The van der Waals surface area contributed by atoms with Gasteiger partial charge in [0, 0.05) is 31.3 Å². The zero-order valence-corrected chi connectivity index (χ0v) is 15.5. The van der Waals surface area contributed by atoms with E-state index in [1.54, 1.807) is 13.1 Å². The first-order valence-electron chi connectivity index (χ1n) is 9.44. The van der Waals surface area contributed by atoms with E-state index in [0.717, 1.165) is 42.0 Å². The Labute approximate surface area is 159 Å². The fourth-order valence-corrected chi connectivity index (χ4v) is 3.71. The molecule has 1 fully saturated rings. The Bertz CT molecular complexity index is 983. The summed E-state index contributed by atoms with van der Waals surface area (Å²) in [5.74, 6) is 0.876. The van der Waals surface area contributed by atoms with Gasteiger partial charge in [0.05, 0.1) is 11.0 Å². The first-order valence-corrected chi connectivity index (χ1v) is 9.44. The smallest absolute Gasteiger partial charge is 0.243 e. The highest BCUT2D eigenvalue weighted by Gasteiger charge is 2.21. The molecule has 1 aromatic heterocycles. The van der Waals surface area contributed by atoms with Crippen LogP contribution in [0.3, 0.4) is 0 Å². The lowest BCUT2D eigenvalue weighted by molar-refractivity contribution is -0.115. The molecule has 4 rings (SSSR count). The summed E-state index contributed by atoms with van der Waals surface area (Å²) < 4.78 is 2.38. The van der Waals surface area contributed by atoms with Crippen molar-refractivity contribution in [2.45, 2.75) is 18.9 Å². The minimum atomic E-state index is -0.110. The van der Waals surface area contributed by atoms with E-state index in [1.807, 2.05) is 24.3 Å². The maximum atomic E-state index is 11.5. The molecule has 0 bridgehead atoms. The first kappa shape index (κ1) is 17.5. The van der Waals surface area contributed by atoms with Crippen molar-refractivity contribution in [2.24, 2.45) is 0 Å². The number of hydrogen-bond donors (Lipinski definition) is 2. The van der Waals surface area contributed by atoms with Crippen LogP contribution in [-0.4, -0.2) is 35.6 Å². The van der Waals surface area contributed by atoms with Crippen LogP contribution in [0.15, 0.2) is 54.6 Å². The Hall–Kier alpha value is -2.92. The van der Waals surface area contributed by atoms with Crippen LogP contribution in [0.1, 0.15) is 24.4 Å². The molecule has 1 amide bonds. The van der Waals surface area contributed by atoms with Gasteiger partial charge in [-0.2, -0.15) is 0 Å². The molecular formula is C22H24N4O. The van der Waals surface area contributed by atoms with Gasteiger partial charge in [0.2, 0.25) is 5.91 Å². The number of likely N-dealkylation sites (N-methyl/N-ethyl adjacent to an activating group) is 1. The monoisotopic (exact) mass is 360 g/mol. The number of nitrogens with one attached hydrogen (secondary N) is 2. The molecule has 0 radical (unpaired) electrons. The normalized spacial score (nSPS) is 17.4. The number of rotatable bonds is 4. The van der Waals surface area contributed by atoms with Gasteiger partial charge in [-0.05, 0) is 49.2 Å². The third-order valence-electron chi connectivity index (χ3n) is 5.05. The Balaban J connectivity index is 1.79. The van der Waals surface area contributed by atoms with E-state index in [1.165, 1.54) is 11.9 Å². The molecule has 1 saturated heterocycles. The quantitative estimate of drug-likeness (QED) is 0.701. The first-order chi connectivity index (χ1) is 13.3. The molecule has 1 aliphatic heterocycles. The van der Waals surface area contributed by atoms with Crippen LogP contribution in [0, 0.1) is 0 Å². The van der Waals surface area contributed by atoms with E-state index in [0.29, 0.717) is 6.04 Å². The van der Waals surface area contributed by atoms with Crippen LogP contribution in [0.2, 0.25) is 0 Å². The number of fused-ring (bicyclic) bond motifs is 1. The van der Waals surface area contributed by atoms with E-state index in [-0.39, 0.29) is 5.91 Å². The van der Waals surface area contributed by atoms with Crippen LogP contribution in [0.25, 0.3) is 28.5 Å². The molecule has 1 atom stereocenters. The van der Waals surface area contributed by atoms with E-state index in [9.17, 15) is 4.79 Å². The van der Waals surface area contributed by atoms with Gasteiger partial charge in [-0.3, -0.25) is 4.79 Å². The van der Waals surface area contributed by atoms with Crippen molar-refractivity contribution in [1.82, 2.24) is 20.2 Å². The zero-order chi connectivity index (χ0) is 18.6. The number of para-hydroxylation sites is 2. The fourth-order valence-electron chi connectivity index (χ4n) is 3.71. The second-order valence-electron chi connectivity index (χ2n) is 6.87. The molecular weight excluding hydrogens is 336 g/mol. The van der Waals surface area contributed by atoms with Crippen molar-refractivity contribution in [3.63, 3.8) is 0 Å². The van der Waals surface area contributed by atoms with E-state index >= 15 is 0 Å². The minimum absolute atomic E-state index is 0.110. The second kappa shape index (κ2) is 7.76. The largest absolute Gasteiger partial charge is 0.356 e. The van der Waals surface area contributed by atoms with Crippen LogP contribution in [0.5, 0.6) is 0 Å². The van der Waals surface area contributed by atoms with Gasteiger partial charge in [-0.15, -0.1) is 0 Å². The number of benzene rings is 2. The van der Waals surface area contributed by atoms with Crippen molar-refractivity contribution in [3.8, 4) is 11.4 Å². The number of carbonyl (C=O) groups excluding carboxylic acids is 1. The number of carbonyl (C=O) groups is 1. The van der Waals surface area contributed by atoms with Gasteiger partial charge >= 0.3 is 0 Å². The lowest BCUT2D eigenvalue weighted by Crippen LogP contribution is -2.31. The van der Waals surface area contributed by atoms with Gasteiger partial charge in [0.15, 0.2) is 0 Å². The van der Waals surface area contributed by atoms with Crippen LogP contribution in [-0.2, 0) is 4.79 Å². The topological polar surface area (TPSA) is 59.0 Å². The molecule has 2 heterocycles. The molecule has 0 saturated carbocycles. The third kappa shape index (κ3) is 3.64. The lowest BCUT2D eigenvalue weighted by Gasteiger charge is -2.26. The molecule has 0 spiro atoms. The van der Waals surface area contributed by atoms with Gasteiger partial charge < -0.3 is 15.2 Å². The third-order valence-corrected chi connectivity index (χ3v) is 5.05. The number of imidazole rings is 1. The maximum Gasteiger partial charge on any atom is 0.243 e. The number of aromatic nitrogens is 2. The highest BCUT2D eigenvalue weighted by atomic mass is 16.1. The van der Waals surface area contributed by atoms with Crippen molar-refractivity contribution < 1.29 is 4.79 Å². The average Bonchev–Trinajstić information content (AvgIpc) is 3.12. The molecule has 1 unspecified atom stereocenters. The highest BCUT2D eigenvalue weighted by molar-refractivity contribution is 5.91. The molecule has 1 aliphatic rings. The van der Waals surface area contributed by atoms with E-state index in [2.05, 4.69) is 45.5 Å². The molecule has 0 aliphatic carbocycles. The van der Waals surface area contributed by atoms with Gasteiger partial charge in [-0.1, -0.05) is 30.3 Å². The average molecular weight is 360 g/mol. The Kier molecular flexibility index (Phi) is 5.03. The van der Waals surface area contributed by atoms with Crippen molar-refractivity contribution >= 4 is 23.0 Å². The maximum absolute atomic E-state index is 11.5. The van der Waals surface area contributed by atoms with Crippen LogP contribution in [0.4, 0.5) is 0 Å². The number of hydrogen-bond acceptors (Lipinski definition) is 3. The summed E-state index contributed by atoms with van der Waals surface area (Å²) in [4.78, 5) is 16.4. The molecule has 2 aromatic carbocycles. The summed E-state index contributed by atoms with van der Waals surface area (Å²) in [6.07, 6.45) is 5.70. The summed E-state index contributed by atoms with van der Waals surface area (Å²) in [7, 11) is 1.63. The van der Waals surface area contributed by atoms with Crippen molar-refractivity contribution in [3.05, 3.63) is 60.2 Å². The molecule has 27 heavy (non-hydrogen) atoms. The number of piperidine rings is 1. The zero-order valence-electron chi connectivity index (χ0n) is 15.5. The fraction of sp³-hybridized carbons (Fsp3) is 0.273. The number of nitrogens with zero attached hydrogens (tertiary/aromatic N) is 2. The molecule has 5 nitrogen and oxygen atoms in total. The van der Waals surface area contributed by atoms with Crippen molar-refractivity contribution in [2.75, 3.05) is 20.1 Å². The number of amides is 1.